The van der Waals surface area contributed by atoms with E-state index < -0.39 is 0 Å². The van der Waals surface area contributed by atoms with Crippen molar-refractivity contribution in [2.75, 3.05) is 13.1 Å². The fourth-order valence-corrected chi connectivity index (χ4v) is 4.61. The Morgan fingerprint density at radius 1 is 1.20 bits per heavy atom. The van der Waals surface area contributed by atoms with E-state index in [0.717, 1.165) is 10.4 Å². The third-order valence-electron chi connectivity index (χ3n) is 4.76. The van der Waals surface area contributed by atoms with Crippen molar-refractivity contribution in [1.82, 2.24) is 19.5 Å². The van der Waals surface area contributed by atoms with Crippen molar-refractivity contribution in [3.8, 4) is 5.88 Å². The number of thiazole rings is 1. The van der Waals surface area contributed by atoms with Gasteiger partial charge in [0.1, 0.15) is 11.6 Å². The molecule has 0 amide bonds. The highest BCUT2D eigenvalue weighted by Gasteiger charge is 2.32. The smallest absolute Gasteiger partial charge is 0.230 e. The molecular formula is C18H20N4O2S. The van der Waals surface area contributed by atoms with Gasteiger partial charge in [-0.3, -0.25) is 9.69 Å². The molecular weight excluding hydrogens is 336 g/mol. The molecule has 0 spiro atoms. The molecule has 0 saturated carbocycles. The second-order valence-corrected chi connectivity index (χ2v) is 7.49. The van der Waals surface area contributed by atoms with Crippen LogP contribution in [0.3, 0.4) is 0 Å². The fourth-order valence-electron chi connectivity index (χ4n) is 3.46. The predicted molar refractivity (Wildman–Crippen MR) is 96.1 cm³/mol. The number of carbonyl (C=O) groups is 1. The molecule has 0 bridgehead atoms. The van der Waals surface area contributed by atoms with E-state index in [1.807, 2.05) is 19.1 Å². The summed E-state index contributed by atoms with van der Waals surface area (Å²) < 4.78 is 1.51. The van der Waals surface area contributed by atoms with Crippen LogP contribution in [0, 0.1) is 13.8 Å². The third kappa shape index (κ3) is 2.83. The monoisotopic (exact) mass is 356 g/mol. The van der Waals surface area contributed by atoms with E-state index in [9.17, 15) is 9.90 Å². The zero-order valence-corrected chi connectivity index (χ0v) is 15.1. The summed E-state index contributed by atoms with van der Waals surface area (Å²) in [5.41, 5.74) is 2.31. The van der Waals surface area contributed by atoms with Gasteiger partial charge in [-0.15, -0.1) is 5.10 Å². The van der Waals surface area contributed by atoms with Crippen LogP contribution in [0.2, 0.25) is 0 Å². The highest BCUT2D eigenvalue weighted by Crippen LogP contribution is 2.41. The fraction of sp³-hybridized carbons (Fsp3) is 0.389. The Bertz CT molecular complexity index is 936. The van der Waals surface area contributed by atoms with Crippen LogP contribution in [0.4, 0.5) is 0 Å². The molecule has 3 heterocycles. The normalized spacial score (nSPS) is 17.3. The molecule has 0 aliphatic carbocycles. The number of piperidine rings is 1. The van der Waals surface area contributed by atoms with Crippen LogP contribution >= 0.6 is 11.3 Å². The number of carbonyl (C=O) groups excluding carboxylic acids is 1. The first-order valence-electron chi connectivity index (χ1n) is 8.41. The Morgan fingerprint density at radius 2 is 1.92 bits per heavy atom. The van der Waals surface area contributed by atoms with Crippen molar-refractivity contribution < 1.29 is 9.90 Å². The molecule has 25 heavy (non-hydrogen) atoms. The van der Waals surface area contributed by atoms with E-state index in [2.05, 4.69) is 34.0 Å². The average molecular weight is 356 g/mol. The lowest BCUT2D eigenvalue weighted by Gasteiger charge is -2.34. The van der Waals surface area contributed by atoms with Gasteiger partial charge >= 0.3 is 0 Å². The summed E-state index contributed by atoms with van der Waals surface area (Å²) >= 11 is 1.46. The number of aryl methyl sites for hydroxylation is 2. The maximum absolute atomic E-state index is 11.7. The SMILES string of the molecule is Cc1nc2sc(C(c3ccccc3C)N3CCC(=O)CC3)c(O)n2n1. The Labute approximate surface area is 149 Å². The van der Waals surface area contributed by atoms with Gasteiger partial charge in [0.2, 0.25) is 10.8 Å². The number of Topliss-reactive ketones (excluding diaryl/α,β-unsaturated/α-hetero) is 1. The molecule has 3 aromatic rings. The number of nitrogens with zero attached hydrogens (tertiary/aromatic N) is 4. The molecule has 1 fully saturated rings. The van der Waals surface area contributed by atoms with Crippen LogP contribution in [0.1, 0.15) is 40.7 Å². The first-order valence-corrected chi connectivity index (χ1v) is 9.22. The summed E-state index contributed by atoms with van der Waals surface area (Å²) in [5, 5.41) is 15.1. The molecule has 1 saturated heterocycles. The molecule has 1 unspecified atom stereocenters. The van der Waals surface area contributed by atoms with Crippen LogP contribution in [-0.4, -0.2) is 43.5 Å². The topological polar surface area (TPSA) is 70.7 Å². The number of likely N-dealkylation sites (tertiary alicyclic amines) is 1. The number of aromatic nitrogens is 3. The van der Waals surface area contributed by atoms with Gasteiger partial charge in [-0.1, -0.05) is 35.6 Å². The summed E-state index contributed by atoms with van der Waals surface area (Å²) in [7, 11) is 0. The number of rotatable bonds is 3. The van der Waals surface area contributed by atoms with Crippen LogP contribution in [0.15, 0.2) is 24.3 Å². The van der Waals surface area contributed by atoms with Crippen LogP contribution in [-0.2, 0) is 4.79 Å². The Kier molecular flexibility index (Phi) is 4.05. The largest absolute Gasteiger partial charge is 0.492 e. The van der Waals surface area contributed by atoms with Crippen molar-refractivity contribution in [1.29, 1.82) is 0 Å². The van der Waals surface area contributed by atoms with Crippen LogP contribution in [0.5, 0.6) is 5.88 Å². The number of fused-ring (bicyclic) bond motifs is 1. The molecule has 1 aliphatic heterocycles. The molecule has 2 aromatic heterocycles. The van der Waals surface area contributed by atoms with Gasteiger partial charge in [0.15, 0.2) is 0 Å². The summed E-state index contributed by atoms with van der Waals surface area (Å²) in [6.45, 7) is 5.29. The molecule has 130 valence electrons. The van der Waals surface area contributed by atoms with Crippen LogP contribution < -0.4 is 0 Å². The van der Waals surface area contributed by atoms with Crippen molar-refractivity contribution >= 4 is 22.1 Å². The summed E-state index contributed by atoms with van der Waals surface area (Å²) in [6.07, 6.45) is 1.12. The summed E-state index contributed by atoms with van der Waals surface area (Å²) in [4.78, 5) is 19.9. The summed E-state index contributed by atoms with van der Waals surface area (Å²) in [5.74, 6) is 1.09. The quantitative estimate of drug-likeness (QED) is 0.781. The van der Waals surface area contributed by atoms with E-state index >= 15 is 0 Å². The molecule has 1 N–H and O–H groups in total. The highest BCUT2D eigenvalue weighted by molar-refractivity contribution is 7.17. The molecule has 1 aliphatic rings. The number of hydrogen-bond acceptors (Lipinski definition) is 6. The molecule has 6 nitrogen and oxygen atoms in total. The van der Waals surface area contributed by atoms with E-state index in [1.165, 1.54) is 21.4 Å². The van der Waals surface area contributed by atoms with Gasteiger partial charge in [-0.2, -0.15) is 4.52 Å². The third-order valence-corrected chi connectivity index (χ3v) is 5.83. The van der Waals surface area contributed by atoms with Gasteiger partial charge in [-0.05, 0) is 25.0 Å². The van der Waals surface area contributed by atoms with Gasteiger partial charge in [0.25, 0.3) is 0 Å². The molecule has 1 atom stereocenters. The van der Waals surface area contributed by atoms with E-state index in [0.29, 0.717) is 42.5 Å². The number of aromatic hydroxyl groups is 1. The number of hydrogen-bond donors (Lipinski definition) is 1. The minimum Gasteiger partial charge on any atom is -0.492 e. The van der Waals surface area contributed by atoms with Gasteiger partial charge < -0.3 is 5.11 Å². The van der Waals surface area contributed by atoms with Crippen LogP contribution in [0.25, 0.3) is 4.96 Å². The first kappa shape index (κ1) is 16.2. The molecule has 4 rings (SSSR count). The van der Waals surface area contributed by atoms with E-state index in [4.69, 9.17) is 0 Å². The van der Waals surface area contributed by atoms with Crippen molar-refractivity contribution in [2.24, 2.45) is 0 Å². The zero-order chi connectivity index (χ0) is 17.6. The predicted octanol–water partition coefficient (Wildman–Crippen LogP) is 2.87. The average Bonchev–Trinajstić information content (AvgIpc) is 3.09. The Morgan fingerprint density at radius 3 is 2.60 bits per heavy atom. The zero-order valence-electron chi connectivity index (χ0n) is 14.3. The lowest BCUT2D eigenvalue weighted by molar-refractivity contribution is -0.121. The van der Waals surface area contributed by atoms with Gasteiger partial charge in [0.05, 0.1) is 10.9 Å². The second-order valence-electron chi connectivity index (χ2n) is 6.48. The van der Waals surface area contributed by atoms with E-state index in [-0.39, 0.29) is 11.9 Å². The number of benzene rings is 1. The van der Waals surface area contributed by atoms with Gasteiger partial charge in [-0.25, -0.2) is 4.98 Å². The Hall–Kier alpha value is -2.25. The standard InChI is InChI=1S/C18H20N4O2S/c1-11-5-3-4-6-14(11)15(21-9-7-13(23)8-10-21)16-17(24)22-18(25-16)19-12(2)20-22/h3-6,15,24H,7-10H2,1-2H3. The maximum atomic E-state index is 11.7. The van der Waals surface area contributed by atoms with Crippen molar-refractivity contribution in [3.05, 3.63) is 46.1 Å². The van der Waals surface area contributed by atoms with E-state index in [1.54, 1.807) is 0 Å². The lowest BCUT2D eigenvalue weighted by Crippen LogP contribution is -2.37. The molecule has 1 aromatic carbocycles. The van der Waals surface area contributed by atoms with Gasteiger partial charge in [0, 0.05) is 25.9 Å². The molecule has 0 radical (unpaired) electrons. The first-order chi connectivity index (χ1) is 12.0. The second kappa shape index (κ2) is 6.24. The summed E-state index contributed by atoms with van der Waals surface area (Å²) in [6, 6.07) is 8.11. The van der Waals surface area contributed by atoms with Crippen molar-refractivity contribution in [3.63, 3.8) is 0 Å². The highest BCUT2D eigenvalue weighted by atomic mass is 32.1. The Balaban J connectivity index is 1.84. The minimum absolute atomic E-state index is 0.0943. The lowest BCUT2D eigenvalue weighted by atomic mass is 9.96. The van der Waals surface area contributed by atoms with Crippen molar-refractivity contribution in [2.45, 2.75) is 32.7 Å². The maximum Gasteiger partial charge on any atom is 0.230 e. The minimum atomic E-state index is -0.0943. The molecule has 7 heteroatoms. The number of ketones is 1.